The number of aromatic nitrogens is 2. The fraction of sp³-hybridized carbons (Fsp3) is 0.188. The van der Waals surface area contributed by atoms with Crippen molar-refractivity contribution in [2.24, 2.45) is 0 Å². The molecule has 0 atom stereocenters. The van der Waals surface area contributed by atoms with Crippen molar-refractivity contribution < 1.29 is 4.74 Å². The van der Waals surface area contributed by atoms with E-state index in [9.17, 15) is 0 Å². The van der Waals surface area contributed by atoms with Crippen molar-refractivity contribution in [3.05, 3.63) is 53.3 Å². The molecule has 3 rings (SSSR count). The smallest absolute Gasteiger partial charge is 0.139 e. The Kier molecular flexibility index (Phi) is 4.04. The van der Waals surface area contributed by atoms with Gasteiger partial charge in [-0.3, -0.25) is 4.57 Å². The van der Waals surface area contributed by atoms with Crippen LogP contribution in [0.2, 0.25) is 5.02 Å². The van der Waals surface area contributed by atoms with E-state index in [2.05, 4.69) is 9.55 Å². The van der Waals surface area contributed by atoms with Crippen molar-refractivity contribution in [2.45, 2.75) is 6.42 Å². The normalized spacial score (nSPS) is 11.0. The van der Waals surface area contributed by atoms with E-state index in [4.69, 9.17) is 27.9 Å². The number of alkyl halides is 1. The minimum Gasteiger partial charge on any atom is -0.495 e. The number of methoxy groups -OCH3 is 1. The number of nitrogens with zero attached hydrogens (tertiary/aromatic N) is 2. The van der Waals surface area contributed by atoms with E-state index in [1.807, 2.05) is 42.5 Å². The van der Waals surface area contributed by atoms with E-state index in [-0.39, 0.29) is 0 Å². The predicted octanol–water partition coefficient (Wildman–Crippen LogP) is 4.47. The summed E-state index contributed by atoms with van der Waals surface area (Å²) in [6.45, 7) is 0. The molecule has 1 aromatic heterocycles. The van der Waals surface area contributed by atoms with Crippen LogP contribution in [-0.2, 0) is 6.42 Å². The molecule has 0 N–H and O–H groups in total. The maximum Gasteiger partial charge on any atom is 0.139 e. The molecule has 0 saturated heterocycles. The van der Waals surface area contributed by atoms with E-state index in [0.29, 0.717) is 23.1 Å². The fourth-order valence-electron chi connectivity index (χ4n) is 2.40. The summed E-state index contributed by atoms with van der Waals surface area (Å²) in [7, 11) is 1.61. The third kappa shape index (κ3) is 2.59. The van der Waals surface area contributed by atoms with Crippen molar-refractivity contribution in [1.29, 1.82) is 0 Å². The summed E-state index contributed by atoms with van der Waals surface area (Å²) in [6.07, 6.45) is 0.696. The lowest BCUT2D eigenvalue weighted by Gasteiger charge is -2.11. The van der Waals surface area contributed by atoms with Gasteiger partial charge in [0, 0.05) is 18.4 Å². The number of hydrogen-bond donors (Lipinski definition) is 0. The van der Waals surface area contributed by atoms with Gasteiger partial charge in [-0.1, -0.05) is 23.7 Å². The van der Waals surface area contributed by atoms with Crippen LogP contribution in [0.4, 0.5) is 0 Å². The first-order valence-electron chi connectivity index (χ1n) is 6.61. The van der Waals surface area contributed by atoms with Gasteiger partial charge in [-0.05, 0) is 24.3 Å². The number of para-hydroxylation sites is 2. The Hall–Kier alpha value is -1.71. The molecule has 3 nitrogen and oxygen atoms in total. The van der Waals surface area contributed by atoms with E-state index in [1.54, 1.807) is 7.11 Å². The SMILES string of the molecule is COc1cc(-n2c(CCCl)nc3ccccc32)ccc1Cl. The zero-order chi connectivity index (χ0) is 14.8. The lowest BCUT2D eigenvalue weighted by Crippen LogP contribution is -2.02. The van der Waals surface area contributed by atoms with Gasteiger partial charge in [-0.2, -0.15) is 0 Å². The van der Waals surface area contributed by atoms with Crippen molar-refractivity contribution in [3.8, 4) is 11.4 Å². The van der Waals surface area contributed by atoms with Gasteiger partial charge in [0.15, 0.2) is 0 Å². The summed E-state index contributed by atoms with van der Waals surface area (Å²) < 4.78 is 7.40. The number of imidazole rings is 1. The Morgan fingerprint density at radius 1 is 1.19 bits per heavy atom. The molecule has 0 spiro atoms. The molecule has 0 aliphatic rings. The Bertz CT molecular complexity index is 783. The maximum absolute atomic E-state index is 6.11. The highest BCUT2D eigenvalue weighted by Gasteiger charge is 2.13. The topological polar surface area (TPSA) is 27.1 Å². The zero-order valence-electron chi connectivity index (χ0n) is 11.5. The zero-order valence-corrected chi connectivity index (χ0v) is 13.0. The van der Waals surface area contributed by atoms with E-state index in [1.165, 1.54) is 0 Å². The fourth-order valence-corrected chi connectivity index (χ4v) is 2.77. The van der Waals surface area contributed by atoms with Gasteiger partial charge < -0.3 is 4.74 Å². The molecule has 5 heteroatoms. The van der Waals surface area contributed by atoms with Crippen molar-refractivity contribution in [3.63, 3.8) is 0 Å². The first kappa shape index (κ1) is 14.2. The highest BCUT2D eigenvalue weighted by molar-refractivity contribution is 6.32. The van der Waals surface area contributed by atoms with E-state index in [0.717, 1.165) is 22.5 Å². The van der Waals surface area contributed by atoms with Gasteiger partial charge in [-0.15, -0.1) is 11.6 Å². The molecular formula is C16H14Cl2N2O. The van der Waals surface area contributed by atoms with Crippen molar-refractivity contribution in [1.82, 2.24) is 9.55 Å². The molecule has 108 valence electrons. The molecule has 3 aromatic rings. The average Bonchev–Trinajstić information content (AvgIpc) is 2.86. The summed E-state index contributed by atoms with van der Waals surface area (Å²) >= 11 is 12.0. The van der Waals surface area contributed by atoms with Crippen molar-refractivity contribution >= 4 is 34.2 Å². The Balaban J connectivity index is 2.24. The Morgan fingerprint density at radius 2 is 2.00 bits per heavy atom. The van der Waals surface area contributed by atoms with Gasteiger partial charge in [0.1, 0.15) is 11.6 Å². The lowest BCUT2D eigenvalue weighted by atomic mass is 10.2. The molecule has 0 saturated carbocycles. The standard InChI is InChI=1S/C16H14Cl2N2O/c1-21-15-10-11(6-7-12(15)18)20-14-5-3-2-4-13(14)19-16(20)8-9-17/h2-7,10H,8-9H2,1H3. The second-order valence-electron chi connectivity index (χ2n) is 4.61. The average molecular weight is 321 g/mol. The first-order chi connectivity index (χ1) is 10.2. The van der Waals surface area contributed by atoms with Crippen LogP contribution in [0, 0.1) is 0 Å². The number of benzene rings is 2. The number of hydrogen-bond acceptors (Lipinski definition) is 2. The third-order valence-corrected chi connectivity index (χ3v) is 3.84. The summed E-state index contributed by atoms with van der Waals surface area (Å²) in [5.41, 5.74) is 2.96. The summed E-state index contributed by atoms with van der Waals surface area (Å²) in [6, 6.07) is 13.7. The van der Waals surface area contributed by atoms with Crippen LogP contribution < -0.4 is 4.74 Å². The molecular weight excluding hydrogens is 307 g/mol. The van der Waals surface area contributed by atoms with E-state index < -0.39 is 0 Å². The molecule has 0 fully saturated rings. The highest BCUT2D eigenvalue weighted by atomic mass is 35.5. The molecule has 0 aliphatic carbocycles. The van der Waals surface area contributed by atoms with Crippen molar-refractivity contribution in [2.75, 3.05) is 13.0 Å². The van der Waals surface area contributed by atoms with Gasteiger partial charge >= 0.3 is 0 Å². The molecule has 21 heavy (non-hydrogen) atoms. The van der Waals surface area contributed by atoms with Gasteiger partial charge in [0.2, 0.25) is 0 Å². The summed E-state index contributed by atoms with van der Waals surface area (Å²) in [5, 5.41) is 0.588. The van der Waals surface area contributed by atoms with Crippen LogP contribution in [0.1, 0.15) is 5.82 Å². The molecule has 0 aliphatic heterocycles. The minimum absolute atomic E-state index is 0.522. The predicted molar refractivity (Wildman–Crippen MR) is 87.1 cm³/mol. The summed E-state index contributed by atoms with van der Waals surface area (Å²) in [4.78, 5) is 4.66. The van der Waals surface area contributed by atoms with Gasteiger partial charge in [0.25, 0.3) is 0 Å². The molecule has 0 amide bonds. The quantitative estimate of drug-likeness (QED) is 0.663. The number of ether oxygens (including phenoxy) is 1. The largest absolute Gasteiger partial charge is 0.495 e. The van der Waals surface area contributed by atoms with Crippen LogP contribution in [0.25, 0.3) is 16.7 Å². The summed E-state index contributed by atoms with van der Waals surface area (Å²) in [5.74, 6) is 2.09. The molecule has 2 aromatic carbocycles. The third-order valence-electron chi connectivity index (χ3n) is 3.34. The number of aryl methyl sites for hydroxylation is 1. The lowest BCUT2D eigenvalue weighted by molar-refractivity contribution is 0.415. The van der Waals surface area contributed by atoms with Crippen LogP contribution >= 0.6 is 23.2 Å². The first-order valence-corrected chi connectivity index (χ1v) is 7.52. The van der Waals surface area contributed by atoms with E-state index >= 15 is 0 Å². The Morgan fingerprint density at radius 3 is 2.76 bits per heavy atom. The van der Waals surface area contributed by atoms with Gasteiger partial charge in [0.05, 0.1) is 28.9 Å². The maximum atomic E-state index is 6.11. The molecule has 1 heterocycles. The number of fused-ring (bicyclic) bond motifs is 1. The van der Waals surface area contributed by atoms with Crippen LogP contribution in [0.3, 0.4) is 0 Å². The van der Waals surface area contributed by atoms with Gasteiger partial charge in [-0.25, -0.2) is 4.98 Å². The monoisotopic (exact) mass is 320 g/mol. The number of rotatable bonds is 4. The second kappa shape index (κ2) is 5.96. The number of halogens is 2. The molecule has 0 bridgehead atoms. The van der Waals surface area contributed by atoms with Crippen LogP contribution in [0.15, 0.2) is 42.5 Å². The highest BCUT2D eigenvalue weighted by Crippen LogP contribution is 2.29. The molecule has 0 unspecified atom stereocenters. The minimum atomic E-state index is 0.522. The second-order valence-corrected chi connectivity index (χ2v) is 5.40. The Labute approximate surface area is 133 Å². The molecule has 0 radical (unpaired) electrons. The van der Waals surface area contributed by atoms with Crippen LogP contribution in [0.5, 0.6) is 5.75 Å². The van der Waals surface area contributed by atoms with Crippen LogP contribution in [-0.4, -0.2) is 22.5 Å².